The number of benzene rings is 1. The Hall–Kier alpha value is -1.90. The molecule has 2 heterocycles. The average molecular weight is 185 g/mol. The van der Waals surface area contributed by atoms with Gasteiger partial charge in [0.1, 0.15) is 0 Å². The van der Waals surface area contributed by atoms with Gasteiger partial charge in [-0.25, -0.2) is 0 Å². The van der Waals surface area contributed by atoms with Crippen molar-refractivity contribution in [1.82, 2.24) is 4.57 Å². The predicted molar refractivity (Wildman–Crippen MR) is 51.3 cm³/mol. The lowest BCUT2D eigenvalue weighted by Gasteiger charge is -2.12. The Morgan fingerprint density at radius 2 is 2.00 bits per heavy atom. The van der Waals surface area contributed by atoms with Crippen LogP contribution in [0.5, 0.6) is 0 Å². The lowest BCUT2D eigenvalue weighted by Crippen LogP contribution is -2.27. The van der Waals surface area contributed by atoms with Crippen LogP contribution in [0.25, 0.3) is 10.9 Å². The van der Waals surface area contributed by atoms with Gasteiger partial charge in [-0.3, -0.25) is 14.2 Å². The van der Waals surface area contributed by atoms with Gasteiger partial charge in [-0.2, -0.15) is 0 Å². The number of nitrogens with zero attached hydrogens (tertiary/aromatic N) is 1. The molecule has 2 aromatic rings. The minimum Gasteiger partial charge on any atom is -0.288 e. The molecule has 0 amide bonds. The summed E-state index contributed by atoms with van der Waals surface area (Å²) in [5.41, 5.74) is 1.83. The van der Waals surface area contributed by atoms with E-state index in [1.807, 2.05) is 24.3 Å². The smallest absolute Gasteiger partial charge is 0.288 e. The molecule has 0 radical (unpaired) electrons. The third-order valence-corrected chi connectivity index (χ3v) is 2.60. The van der Waals surface area contributed by atoms with Crippen LogP contribution in [-0.2, 0) is 11.2 Å². The molecule has 1 aromatic carbocycles. The molecule has 0 N–H and O–H groups in total. The van der Waals surface area contributed by atoms with Crippen LogP contribution in [0.1, 0.15) is 10.4 Å². The van der Waals surface area contributed by atoms with E-state index < -0.39 is 5.91 Å². The number of carbonyl (C=O) groups is 2. The molecule has 0 saturated heterocycles. The first-order valence-electron chi connectivity index (χ1n) is 4.44. The number of hydrogen-bond acceptors (Lipinski definition) is 2. The highest BCUT2D eigenvalue weighted by atomic mass is 16.2. The van der Waals surface area contributed by atoms with Crippen molar-refractivity contribution < 1.29 is 9.59 Å². The molecule has 3 rings (SSSR count). The number of carbonyl (C=O) groups excluding carboxylic acids is 2. The van der Waals surface area contributed by atoms with Gasteiger partial charge < -0.3 is 0 Å². The first-order chi connectivity index (χ1) is 6.77. The summed E-state index contributed by atoms with van der Waals surface area (Å²) in [7, 11) is 0. The molecule has 1 aliphatic heterocycles. The zero-order valence-corrected chi connectivity index (χ0v) is 7.36. The summed E-state index contributed by atoms with van der Waals surface area (Å²) < 4.78 is 1.44. The van der Waals surface area contributed by atoms with Crippen LogP contribution in [-0.4, -0.2) is 16.3 Å². The standard InChI is InChI=1S/C11H7NO2/c13-9-6-8-3-1-2-7-4-5-12(10(7)8)11(9)14/h1-5H,6H2. The predicted octanol–water partition coefficient (Wildman–Crippen LogP) is 1.41. The molecule has 0 unspecified atom stereocenters. The van der Waals surface area contributed by atoms with Crippen LogP contribution in [0.4, 0.5) is 0 Å². The fourth-order valence-corrected chi connectivity index (χ4v) is 1.96. The second-order valence-corrected chi connectivity index (χ2v) is 3.45. The summed E-state index contributed by atoms with van der Waals surface area (Å²) in [6, 6.07) is 7.60. The topological polar surface area (TPSA) is 39.1 Å². The van der Waals surface area contributed by atoms with Crippen molar-refractivity contribution in [3.63, 3.8) is 0 Å². The normalized spacial score (nSPS) is 15.1. The monoisotopic (exact) mass is 185 g/mol. The zero-order chi connectivity index (χ0) is 9.71. The van der Waals surface area contributed by atoms with Crippen molar-refractivity contribution >= 4 is 22.6 Å². The fraction of sp³-hybridized carbons (Fsp3) is 0.0909. The Labute approximate surface area is 79.9 Å². The molecule has 0 fully saturated rings. The van der Waals surface area contributed by atoms with E-state index in [9.17, 15) is 9.59 Å². The van der Waals surface area contributed by atoms with Crippen molar-refractivity contribution in [2.75, 3.05) is 0 Å². The van der Waals surface area contributed by atoms with Crippen molar-refractivity contribution in [2.24, 2.45) is 0 Å². The third-order valence-electron chi connectivity index (χ3n) is 2.60. The van der Waals surface area contributed by atoms with Gasteiger partial charge in [-0.1, -0.05) is 18.2 Å². The Balaban J connectivity index is 2.50. The Bertz CT molecular complexity index is 566. The molecule has 0 saturated carbocycles. The van der Waals surface area contributed by atoms with E-state index in [-0.39, 0.29) is 12.2 Å². The first kappa shape index (κ1) is 7.50. The van der Waals surface area contributed by atoms with E-state index in [1.54, 1.807) is 6.20 Å². The second-order valence-electron chi connectivity index (χ2n) is 3.45. The summed E-state index contributed by atoms with van der Waals surface area (Å²) in [5.74, 6) is -0.750. The van der Waals surface area contributed by atoms with Gasteiger partial charge in [0.15, 0.2) is 0 Å². The van der Waals surface area contributed by atoms with Crippen molar-refractivity contribution in [3.05, 3.63) is 36.0 Å². The van der Waals surface area contributed by atoms with Crippen LogP contribution in [0.15, 0.2) is 30.5 Å². The van der Waals surface area contributed by atoms with Gasteiger partial charge in [0.05, 0.1) is 5.52 Å². The Kier molecular flexibility index (Phi) is 1.24. The second kappa shape index (κ2) is 2.32. The largest absolute Gasteiger partial charge is 0.298 e. The van der Waals surface area contributed by atoms with Gasteiger partial charge >= 0.3 is 0 Å². The molecule has 14 heavy (non-hydrogen) atoms. The average Bonchev–Trinajstić information content (AvgIpc) is 2.60. The van der Waals surface area contributed by atoms with E-state index in [2.05, 4.69) is 0 Å². The van der Waals surface area contributed by atoms with Crippen LogP contribution >= 0.6 is 0 Å². The van der Waals surface area contributed by atoms with E-state index in [0.29, 0.717) is 0 Å². The minimum absolute atomic E-state index is 0.236. The molecule has 1 aromatic heterocycles. The maximum Gasteiger partial charge on any atom is 0.298 e. The lowest BCUT2D eigenvalue weighted by molar-refractivity contribution is -0.115. The highest BCUT2D eigenvalue weighted by molar-refractivity contribution is 6.40. The molecule has 3 heteroatoms. The summed E-state index contributed by atoms with van der Waals surface area (Å²) in [5, 5.41) is 1.02. The highest BCUT2D eigenvalue weighted by Gasteiger charge is 2.25. The maximum atomic E-state index is 11.5. The van der Waals surface area contributed by atoms with Crippen molar-refractivity contribution in [2.45, 2.75) is 6.42 Å². The van der Waals surface area contributed by atoms with E-state index >= 15 is 0 Å². The van der Waals surface area contributed by atoms with E-state index in [1.165, 1.54) is 4.57 Å². The lowest BCUT2D eigenvalue weighted by atomic mass is 10.0. The molecule has 68 valence electrons. The third kappa shape index (κ3) is 0.763. The summed E-state index contributed by atoms with van der Waals surface area (Å²) in [6.07, 6.45) is 1.90. The van der Waals surface area contributed by atoms with Gasteiger partial charge in [0.2, 0.25) is 5.78 Å². The van der Waals surface area contributed by atoms with Crippen molar-refractivity contribution in [3.8, 4) is 0 Å². The quantitative estimate of drug-likeness (QED) is 0.582. The number of para-hydroxylation sites is 1. The molecule has 0 aliphatic carbocycles. The van der Waals surface area contributed by atoms with Crippen LogP contribution in [0, 0.1) is 0 Å². The Morgan fingerprint density at radius 3 is 2.86 bits per heavy atom. The number of hydrogen-bond donors (Lipinski definition) is 0. The molecule has 0 spiro atoms. The van der Waals surface area contributed by atoms with E-state index in [4.69, 9.17) is 0 Å². The number of aromatic nitrogens is 1. The van der Waals surface area contributed by atoms with Gasteiger partial charge in [-0.15, -0.1) is 0 Å². The number of ketones is 1. The summed E-state index contributed by atoms with van der Waals surface area (Å²) in [6.45, 7) is 0. The summed E-state index contributed by atoms with van der Waals surface area (Å²) in [4.78, 5) is 22.8. The zero-order valence-electron chi connectivity index (χ0n) is 7.36. The van der Waals surface area contributed by atoms with Gasteiger partial charge in [0.25, 0.3) is 5.91 Å². The van der Waals surface area contributed by atoms with Crippen LogP contribution in [0.3, 0.4) is 0 Å². The molecule has 0 atom stereocenters. The Morgan fingerprint density at radius 1 is 1.14 bits per heavy atom. The SMILES string of the molecule is O=C1Cc2cccc3ccn(c23)C1=O. The molecule has 1 aliphatic rings. The number of rotatable bonds is 0. The number of Topliss-reactive ketones (excluding diaryl/α,β-unsaturated/α-hetero) is 1. The van der Waals surface area contributed by atoms with Crippen LogP contribution < -0.4 is 0 Å². The molecule has 3 nitrogen and oxygen atoms in total. The van der Waals surface area contributed by atoms with Crippen molar-refractivity contribution in [1.29, 1.82) is 0 Å². The van der Waals surface area contributed by atoms with Gasteiger partial charge in [0, 0.05) is 18.0 Å². The summed E-state index contributed by atoms with van der Waals surface area (Å²) >= 11 is 0. The van der Waals surface area contributed by atoms with Gasteiger partial charge in [-0.05, 0) is 11.6 Å². The van der Waals surface area contributed by atoms with E-state index in [0.717, 1.165) is 16.5 Å². The molecular weight excluding hydrogens is 178 g/mol. The first-order valence-corrected chi connectivity index (χ1v) is 4.44. The highest BCUT2D eigenvalue weighted by Crippen LogP contribution is 2.24. The fourth-order valence-electron chi connectivity index (χ4n) is 1.96. The molecular formula is C11H7NO2. The molecule has 0 bridgehead atoms. The minimum atomic E-state index is -0.418. The maximum absolute atomic E-state index is 11.5. The van der Waals surface area contributed by atoms with Crippen LogP contribution in [0.2, 0.25) is 0 Å².